The highest BCUT2D eigenvalue weighted by Crippen LogP contribution is 2.37. The molecule has 0 saturated heterocycles. The highest BCUT2D eigenvalue weighted by Gasteiger charge is 2.17. The summed E-state index contributed by atoms with van der Waals surface area (Å²) in [7, 11) is 3.34. The second-order valence-corrected chi connectivity index (χ2v) is 5.63. The molecule has 2 aromatic heterocycles. The van der Waals surface area contributed by atoms with Gasteiger partial charge in [-0.15, -0.1) is 10.2 Å². The van der Waals surface area contributed by atoms with Crippen molar-refractivity contribution in [2.75, 3.05) is 12.4 Å². The van der Waals surface area contributed by atoms with Gasteiger partial charge in [0, 0.05) is 20.0 Å². The molecule has 1 aromatic carbocycles. The van der Waals surface area contributed by atoms with Gasteiger partial charge in [0.1, 0.15) is 6.33 Å². The van der Waals surface area contributed by atoms with Gasteiger partial charge in [0.25, 0.3) is 0 Å². The van der Waals surface area contributed by atoms with Crippen LogP contribution in [0.3, 0.4) is 0 Å². The molecule has 3 aromatic rings. The summed E-state index contributed by atoms with van der Waals surface area (Å²) in [6.45, 7) is 1.41. The van der Waals surface area contributed by atoms with Crippen LogP contribution < -0.4 is 10.1 Å². The topological polar surface area (TPSA) is 94.8 Å². The van der Waals surface area contributed by atoms with Gasteiger partial charge in [0.15, 0.2) is 28.2 Å². The fourth-order valence-electron chi connectivity index (χ4n) is 2.36. The number of carbonyl (C=O) groups excluding carboxylic acids is 1. The van der Waals surface area contributed by atoms with Gasteiger partial charge in [0.05, 0.1) is 24.0 Å². The summed E-state index contributed by atoms with van der Waals surface area (Å²) in [6.07, 6.45) is 1.61. The van der Waals surface area contributed by atoms with Crippen molar-refractivity contribution in [3.05, 3.63) is 41.4 Å². The SMILES string of the molecule is COc1c(Nc2cc(Cl)nnc2C(C)=O)cccc1-c1ncn(C)n1. The fourth-order valence-corrected chi connectivity index (χ4v) is 2.51. The number of hydrogen-bond acceptors (Lipinski definition) is 7. The van der Waals surface area contributed by atoms with E-state index in [0.29, 0.717) is 28.5 Å². The molecule has 0 aliphatic rings. The average molecular weight is 359 g/mol. The largest absolute Gasteiger partial charge is 0.494 e. The Kier molecular flexibility index (Phi) is 4.62. The van der Waals surface area contributed by atoms with E-state index in [4.69, 9.17) is 16.3 Å². The number of para-hydroxylation sites is 1. The minimum absolute atomic E-state index is 0.175. The number of hydrogen-bond donors (Lipinski definition) is 1. The Morgan fingerprint density at radius 2 is 2.08 bits per heavy atom. The van der Waals surface area contributed by atoms with Crippen molar-refractivity contribution in [3.63, 3.8) is 0 Å². The van der Waals surface area contributed by atoms with Crippen molar-refractivity contribution in [1.82, 2.24) is 25.0 Å². The zero-order chi connectivity index (χ0) is 18.0. The van der Waals surface area contributed by atoms with Crippen molar-refractivity contribution in [1.29, 1.82) is 0 Å². The molecule has 25 heavy (non-hydrogen) atoms. The van der Waals surface area contributed by atoms with E-state index in [1.54, 1.807) is 25.2 Å². The number of nitrogens with one attached hydrogen (secondary N) is 1. The van der Waals surface area contributed by atoms with E-state index in [0.717, 1.165) is 0 Å². The number of methoxy groups -OCH3 is 1. The zero-order valence-corrected chi connectivity index (χ0v) is 14.6. The third-order valence-corrected chi connectivity index (χ3v) is 3.61. The van der Waals surface area contributed by atoms with Gasteiger partial charge in [-0.1, -0.05) is 17.7 Å². The molecular formula is C16H15ClN6O2. The first-order valence-electron chi connectivity index (χ1n) is 7.33. The van der Waals surface area contributed by atoms with Crippen LogP contribution in [0.2, 0.25) is 5.15 Å². The lowest BCUT2D eigenvalue weighted by molar-refractivity contribution is 0.101. The van der Waals surface area contributed by atoms with Crippen LogP contribution in [0.15, 0.2) is 30.6 Å². The zero-order valence-electron chi connectivity index (χ0n) is 13.8. The third-order valence-electron chi connectivity index (χ3n) is 3.43. The number of aromatic nitrogens is 5. The smallest absolute Gasteiger partial charge is 0.184 e. The van der Waals surface area contributed by atoms with E-state index < -0.39 is 0 Å². The van der Waals surface area contributed by atoms with Gasteiger partial charge in [-0.25, -0.2) is 4.98 Å². The molecule has 0 unspecified atom stereocenters. The number of benzene rings is 1. The lowest BCUT2D eigenvalue weighted by Gasteiger charge is -2.15. The predicted molar refractivity (Wildman–Crippen MR) is 93.3 cm³/mol. The lowest BCUT2D eigenvalue weighted by atomic mass is 10.1. The Morgan fingerprint density at radius 1 is 1.28 bits per heavy atom. The number of halogens is 1. The monoisotopic (exact) mass is 358 g/mol. The van der Waals surface area contributed by atoms with E-state index >= 15 is 0 Å². The number of Topliss-reactive ketones (excluding diaryl/α,β-unsaturated/α-hetero) is 1. The Hall–Kier alpha value is -3.00. The minimum atomic E-state index is -0.229. The van der Waals surface area contributed by atoms with Crippen LogP contribution in [0.1, 0.15) is 17.4 Å². The van der Waals surface area contributed by atoms with Crippen LogP contribution in [-0.2, 0) is 7.05 Å². The van der Waals surface area contributed by atoms with Gasteiger partial charge in [-0.05, 0) is 12.1 Å². The summed E-state index contributed by atoms with van der Waals surface area (Å²) in [4.78, 5) is 16.0. The molecule has 3 rings (SSSR count). The molecule has 1 N–H and O–H groups in total. The maximum atomic E-state index is 11.8. The Balaban J connectivity index is 2.07. The number of ketones is 1. The van der Waals surface area contributed by atoms with Gasteiger partial charge in [-0.2, -0.15) is 5.10 Å². The van der Waals surface area contributed by atoms with Crippen LogP contribution in [0.5, 0.6) is 5.75 Å². The highest BCUT2D eigenvalue weighted by molar-refractivity contribution is 6.29. The summed E-state index contributed by atoms with van der Waals surface area (Å²) >= 11 is 5.91. The van der Waals surface area contributed by atoms with Crippen LogP contribution >= 0.6 is 11.6 Å². The number of nitrogens with zero attached hydrogens (tertiary/aromatic N) is 5. The molecule has 0 aliphatic carbocycles. The molecule has 8 nitrogen and oxygen atoms in total. The third kappa shape index (κ3) is 3.43. The standard InChI is InChI=1S/C16H15ClN6O2/c1-9(24)14-12(7-13(17)20-21-14)19-11-6-4-5-10(15(11)25-3)16-18-8-23(2)22-16/h4-8H,1-3H3,(H,19,20). The van der Waals surface area contributed by atoms with Crippen LogP contribution in [0, 0.1) is 0 Å². The van der Waals surface area contributed by atoms with Crippen molar-refractivity contribution >= 4 is 28.8 Å². The van der Waals surface area contributed by atoms with Gasteiger partial charge in [0.2, 0.25) is 0 Å². The summed E-state index contributed by atoms with van der Waals surface area (Å²) < 4.78 is 7.14. The molecule has 0 spiro atoms. The first-order valence-corrected chi connectivity index (χ1v) is 7.71. The minimum Gasteiger partial charge on any atom is -0.494 e. The van der Waals surface area contributed by atoms with Crippen molar-refractivity contribution in [3.8, 4) is 17.1 Å². The van der Waals surface area contributed by atoms with Crippen LogP contribution in [0.25, 0.3) is 11.4 Å². The van der Waals surface area contributed by atoms with Crippen molar-refractivity contribution in [2.45, 2.75) is 6.92 Å². The number of aryl methyl sites for hydroxylation is 1. The van der Waals surface area contributed by atoms with Crippen molar-refractivity contribution < 1.29 is 9.53 Å². The van der Waals surface area contributed by atoms with Gasteiger partial charge >= 0.3 is 0 Å². The maximum Gasteiger partial charge on any atom is 0.184 e. The summed E-state index contributed by atoms with van der Waals surface area (Å²) in [5, 5.41) is 15.2. The second kappa shape index (κ2) is 6.86. The Labute approximate surface area is 148 Å². The van der Waals surface area contributed by atoms with E-state index in [-0.39, 0.29) is 16.6 Å². The molecule has 0 bridgehead atoms. The maximum absolute atomic E-state index is 11.8. The predicted octanol–water partition coefficient (Wildman–Crippen LogP) is 2.88. The van der Waals surface area contributed by atoms with Crippen LogP contribution in [-0.4, -0.2) is 37.9 Å². The molecule has 0 amide bonds. The molecule has 0 atom stereocenters. The molecule has 0 aliphatic heterocycles. The van der Waals surface area contributed by atoms with E-state index in [1.165, 1.54) is 13.0 Å². The van der Waals surface area contributed by atoms with Crippen LogP contribution in [0.4, 0.5) is 11.4 Å². The fraction of sp³-hybridized carbons (Fsp3) is 0.188. The summed E-state index contributed by atoms with van der Waals surface area (Å²) in [5.41, 5.74) is 1.97. The molecular weight excluding hydrogens is 344 g/mol. The lowest BCUT2D eigenvalue weighted by Crippen LogP contribution is -2.06. The quantitative estimate of drug-likeness (QED) is 0.700. The molecule has 128 valence electrons. The first kappa shape index (κ1) is 16.8. The normalized spacial score (nSPS) is 10.6. The summed E-state index contributed by atoms with van der Waals surface area (Å²) in [6, 6.07) is 7.03. The highest BCUT2D eigenvalue weighted by atomic mass is 35.5. The summed E-state index contributed by atoms with van der Waals surface area (Å²) in [5.74, 6) is 0.838. The van der Waals surface area contributed by atoms with Crippen molar-refractivity contribution in [2.24, 2.45) is 7.05 Å². The van der Waals surface area contributed by atoms with E-state index in [1.807, 2.05) is 18.2 Å². The molecule has 9 heteroatoms. The second-order valence-electron chi connectivity index (χ2n) is 5.24. The average Bonchev–Trinajstić information content (AvgIpc) is 3.00. The number of carbonyl (C=O) groups is 1. The van der Waals surface area contributed by atoms with E-state index in [9.17, 15) is 4.79 Å². The van der Waals surface area contributed by atoms with Gasteiger partial charge < -0.3 is 10.1 Å². The molecule has 0 fully saturated rings. The Bertz CT molecular complexity index is 940. The number of anilines is 2. The first-order chi connectivity index (χ1) is 12.0. The molecule has 0 saturated carbocycles. The van der Waals surface area contributed by atoms with Gasteiger partial charge in [-0.3, -0.25) is 9.48 Å². The Morgan fingerprint density at radius 3 is 2.72 bits per heavy atom. The number of ether oxygens (including phenoxy) is 1. The molecule has 0 radical (unpaired) electrons. The molecule has 2 heterocycles. The van der Waals surface area contributed by atoms with E-state index in [2.05, 4.69) is 25.6 Å². The number of rotatable bonds is 5.